The fraction of sp³-hybridized carbons (Fsp3) is 0.238. The van der Waals surface area contributed by atoms with Gasteiger partial charge in [0.25, 0.3) is 0 Å². The van der Waals surface area contributed by atoms with E-state index < -0.39 is 0 Å². The molecular formula is C21H20Br2Cl2O4. The molecule has 0 aliphatic rings. The second-order valence-corrected chi connectivity index (χ2v) is 7.39. The molecule has 0 spiro atoms. The molecule has 156 valence electrons. The van der Waals surface area contributed by atoms with Gasteiger partial charge in [-0.2, -0.15) is 0 Å². The van der Waals surface area contributed by atoms with Gasteiger partial charge in [0.2, 0.25) is 0 Å². The Balaban J connectivity index is 0.00000132. The molecule has 0 aromatic heterocycles. The Hall–Kier alpha value is -1.34. The van der Waals surface area contributed by atoms with Gasteiger partial charge in [-0.15, -0.1) is 23.2 Å². The van der Waals surface area contributed by atoms with E-state index in [-0.39, 0.29) is 17.3 Å². The fourth-order valence-electron chi connectivity index (χ4n) is 2.51. The highest BCUT2D eigenvalue weighted by Crippen LogP contribution is 2.30. The number of halogens is 4. The number of carbonyl (C=O) groups is 2. The molecule has 0 aliphatic carbocycles. The topological polar surface area (TPSA) is 52.6 Å². The number of hydrogen-bond donors (Lipinski definition) is 0. The molecule has 8 heteroatoms. The zero-order chi connectivity index (χ0) is 21.8. The van der Waals surface area contributed by atoms with Gasteiger partial charge in [0.1, 0.15) is 0 Å². The van der Waals surface area contributed by atoms with Crippen LogP contribution in [0, 0.1) is 0 Å². The Morgan fingerprint density at radius 3 is 1.14 bits per heavy atom. The molecule has 0 unspecified atom stereocenters. The van der Waals surface area contributed by atoms with Gasteiger partial charge in [0, 0.05) is 10.7 Å². The largest absolute Gasteiger partial charge is 0.465 e. The third-order valence-corrected chi connectivity index (χ3v) is 5.06. The molecular weight excluding hydrogens is 547 g/mol. The molecule has 0 amide bonds. The summed E-state index contributed by atoms with van der Waals surface area (Å²) in [5, 5.41) is 1.48. The zero-order valence-corrected chi connectivity index (χ0v) is 20.6. The van der Waals surface area contributed by atoms with Crippen molar-refractivity contribution in [3.05, 3.63) is 70.8 Å². The second kappa shape index (κ2) is 13.8. The first-order valence-corrected chi connectivity index (χ1v) is 11.6. The van der Waals surface area contributed by atoms with Crippen molar-refractivity contribution in [3.8, 4) is 0 Å². The first kappa shape index (κ1) is 25.7. The minimum absolute atomic E-state index is 0.194. The molecule has 2 aromatic carbocycles. The summed E-state index contributed by atoms with van der Waals surface area (Å²) in [6.45, 7) is 0. The number of ether oxygens (including phenoxy) is 2. The SMILES string of the molecule is COC(=O)c1ccc(/C(CBr)=C(/CBr)c2ccc(C(=O)OC)cc2)cc1.ClCCl. The average Bonchev–Trinajstić information content (AvgIpc) is 2.77. The fourth-order valence-corrected chi connectivity index (χ4v) is 3.84. The first-order chi connectivity index (χ1) is 14.0. The predicted molar refractivity (Wildman–Crippen MR) is 127 cm³/mol. The van der Waals surface area contributed by atoms with E-state index >= 15 is 0 Å². The summed E-state index contributed by atoms with van der Waals surface area (Å²) in [5.74, 6) is -0.722. The summed E-state index contributed by atoms with van der Waals surface area (Å²) >= 11 is 16.6. The van der Waals surface area contributed by atoms with Crippen LogP contribution in [0.25, 0.3) is 11.1 Å². The minimum atomic E-state index is -0.361. The Labute approximate surface area is 197 Å². The molecule has 0 bridgehead atoms. The number of hydrogen-bond acceptors (Lipinski definition) is 4. The van der Waals surface area contributed by atoms with Gasteiger partial charge in [-0.25, -0.2) is 9.59 Å². The number of allylic oxidation sites excluding steroid dienone is 2. The molecule has 4 nitrogen and oxygen atoms in total. The number of alkyl halides is 4. The van der Waals surface area contributed by atoms with E-state index in [1.54, 1.807) is 24.3 Å². The lowest BCUT2D eigenvalue weighted by Gasteiger charge is -2.13. The normalized spacial score (nSPS) is 11.0. The van der Waals surface area contributed by atoms with Gasteiger partial charge in [0.15, 0.2) is 0 Å². The molecule has 0 saturated carbocycles. The molecule has 2 aromatic rings. The molecule has 0 N–H and O–H groups in total. The van der Waals surface area contributed by atoms with E-state index in [0.29, 0.717) is 21.8 Å². The Kier molecular flexibility index (Phi) is 12.2. The van der Waals surface area contributed by atoms with Crippen molar-refractivity contribution in [2.45, 2.75) is 0 Å². The molecule has 0 heterocycles. The van der Waals surface area contributed by atoms with Crippen molar-refractivity contribution < 1.29 is 19.1 Å². The Morgan fingerprint density at radius 2 is 0.931 bits per heavy atom. The highest BCUT2D eigenvalue weighted by Gasteiger charge is 2.13. The quantitative estimate of drug-likeness (QED) is 0.231. The Morgan fingerprint density at radius 1 is 0.690 bits per heavy atom. The van der Waals surface area contributed by atoms with Gasteiger partial charge in [0.05, 0.1) is 30.7 Å². The molecule has 0 atom stereocenters. The maximum Gasteiger partial charge on any atom is 0.337 e. The van der Waals surface area contributed by atoms with Gasteiger partial charge in [-0.3, -0.25) is 0 Å². The van der Waals surface area contributed by atoms with Crippen molar-refractivity contribution in [2.75, 3.05) is 30.2 Å². The summed E-state index contributed by atoms with van der Waals surface area (Å²) < 4.78 is 9.47. The van der Waals surface area contributed by atoms with Crippen LogP contribution in [-0.4, -0.2) is 42.2 Å². The third-order valence-electron chi connectivity index (χ3n) is 3.94. The van der Waals surface area contributed by atoms with E-state index in [4.69, 9.17) is 32.7 Å². The van der Waals surface area contributed by atoms with Crippen LogP contribution >= 0.6 is 55.1 Å². The predicted octanol–water partition coefficient (Wildman–Crippen LogP) is 6.38. The number of rotatable bonds is 6. The smallest absolute Gasteiger partial charge is 0.337 e. The van der Waals surface area contributed by atoms with Crippen molar-refractivity contribution in [2.24, 2.45) is 0 Å². The van der Waals surface area contributed by atoms with E-state index in [1.165, 1.54) is 14.2 Å². The Bertz CT molecular complexity index is 765. The van der Waals surface area contributed by atoms with Crippen LogP contribution in [0.15, 0.2) is 48.5 Å². The maximum atomic E-state index is 11.6. The van der Waals surface area contributed by atoms with E-state index in [0.717, 1.165) is 22.3 Å². The molecule has 29 heavy (non-hydrogen) atoms. The van der Waals surface area contributed by atoms with Crippen molar-refractivity contribution in [3.63, 3.8) is 0 Å². The number of carbonyl (C=O) groups excluding carboxylic acids is 2. The number of esters is 2. The molecule has 2 rings (SSSR count). The highest BCUT2D eigenvalue weighted by molar-refractivity contribution is 9.09. The van der Waals surface area contributed by atoms with Crippen LogP contribution in [0.2, 0.25) is 0 Å². The molecule has 0 aliphatic heterocycles. The standard InChI is InChI=1S/C20H18Br2O4.CH2Cl2/c1-25-19(23)15-7-3-13(4-8-15)17(11-21)18(12-22)14-5-9-16(10-6-14)20(24)26-2;2-1-3/h3-10H,11-12H2,1-2H3;1H2/b18-17-;. The van der Waals surface area contributed by atoms with Crippen LogP contribution in [-0.2, 0) is 9.47 Å². The van der Waals surface area contributed by atoms with Crippen molar-refractivity contribution in [1.29, 1.82) is 0 Å². The summed E-state index contributed by atoms with van der Waals surface area (Å²) in [4.78, 5) is 23.2. The minimum Gasteiger partial charge on any atom is -0.465 e. The number of benzene rings is 2. The third kappa shape index (κ3) is 7.45. The molecule has 0 radical (unpaired) electrons. The summed E-state index contributed by atoms with van der Waals surface area (Å²) in [5.41, 5.74) is 5.19. The van der Waals surface area contributed by atoms with Gasteiger partial charge in [-0.1, -0.05) is 56.1 Å². The van der Waals surface area contributed by atoms with Crippen LogP contribution < -0.4 is 0 Å². The number of methoxy groups -OCH3 is 2. The van der Waals surface area contributed by atoms with Gasteiger partial charge in [-0.05, 0) is 46.5 Å². The van der Waals surface area contributed by atoms with Crippen LogP contribution in [0.5, 0.6) is 0 Å². The van der Waals surface area contributed by atoms with Crippen molar-refractivity contribution >= 4 is 78.1 Å². The first-order valence-electron chi connectivity index (χ1n) is 8.30. The van der Waals surface area contributed by atoms with Crippen LogP contribution in [0.4, 0.5) is 0 Å². The van der Waals surface area contributed by atoms with Crippen LogP contribution in [0.1, 0.15) is 31.8 Å². The lowest BCUT2D eigenvalue weighted by atomic mass is 9.95. The molecule has 0 fully saturated rings. The molecule has 0 saturated heterocycles. The van der Waals surface area contributed by atoms with Gasteiger partial charge >= 0.3 is 11.9 Å². The van der Waals surface area contributed by atoms with E-state index in [9.17, 15) is 9.59 Å². The lowest BCUT2D eigenvalue weighted by Crippen LogP contribution is -2.02. The second-order valence-electron chi connectivity index (χ2n) is 5.46. The summed E-state index contributed by atoms with van der Waals surface area (Å²) in [7, 11) is 2.72. The monoisotopic (exact) mass is 564 g/mol. The highest BCUT2D eigenvalue weighted by atomic mass is 79.9. The summed E-state index contributed by atoms with van der Waals surface area (Å²) in [6, 6.07) is 14.6. The van der Waals surface area contributed by atoms with E-state index in [2.05, 4.69) is 31.9 Å². The van der Waals surface area contributed by atoms with Gasteiger partial charge < -0.3 is 9.47 Å². The van der Waals surface area contributed by atoms with Crippen molar-refractivity contribution in [1.82, 2.24) is 0 Å². The average molecular weight is 567 g/mol. The summed E-state index contributed by atoms with van der Waals surface area (Å²) in [6.07, 6.45) is 0. The lowest BCUT2D eigenvalue weighted by molar-refractivity contribution is 0.0592. The van der Waals surface area contributed by atoms with Crippen LogP contribution in [0.3, 0.4) is 0 Å². The van der Waals surface area contributed by atoms with E-state index in [1.807, 2.05) is 24.3 Å². The zero-order valence-electron chi connectivity index (χ0n) is 15.9. The maximum absolute atomic E-state index is 11.6.